The van der Waals surface area contributed by atoms with Gasteiger partial charge in [0.15, 0.2) is 0 Å². The lowest BCUT2D eigenvalue weighted by Gasteiger charge is -2.34. The van der Waals surface area contributed by atoms with Gasteiger partial charge in [-0.1, -0.05) is 20.8 Å². The van der Waals surface area contributed by atoms with Gasteiger partial charge < -0.3 is 10.2 Å². The molecular formula is C16H23N7O. The Bertz CT molecular complexity index is 675. The molecule has 1 aliphatic heterocycles. The highest BCUT2D eigenvalue weighted by Gasteiger charge is 2.30. The summed E-state index contributed by atoms with van der Waals surface area (Å²) < 4.78 is 0. The minimum atomic E-state index is -0.164. The molecule has 0 aromatic carbocycles. The van der Waals surface area contributed by atoms with Crippen molar-refractivity contribution in [1.29, 1.82) is 0 Å². The van der Waals surface area contributed by atoms with Gasteiger partial charge in [0.2, 0.25) is 0 Å². The molecule has 1 fully saturated rings. The maximum absolute atomic E-state index is 12.7. The second-order valence-corrected chi connectivity index (χ2v) is 7.05. The second kappa shape index (κ2) is 6.54. The third-order valence-corrected chi connectivity index (χ3v) is 4.09. The molecule has 0 saturated carbocycles. The summed E-state index contributed by atoms with van der Waals surface area (Å²) >= 11 is 0. The van der Waals surface area contributed by atoms with E-state index in [0.717, 1.165) is 30.9 Å². The van der Waals surface area contributed by atoms with Crippen LogP contribution in [0, 0.1) is 0 Å². The monoisotopic (exact) mass is 329 g/mol. The summed E-state index contributed by atoms with van der Waals surface area (Å²) in [5, 5.41) is 9.65. The molecule has 2 N–H and O–H groups in total. The summed E-state index contributed by atoms with van der Waals surface area (Å²) in [6.45, 7) is 6.85. The van der Waals surface area contributed by atoms with Crippen LogP contribution in [0.3, 0.4) is 0 Å². The quantitative estimate of drug-likeness (QED) is 0.882. The number of nitrogens with one attached hydrogen (secondary N) is 2. The van der Waals surface area contributed by atoms with Crippen LogP contribution in [0.25, 0.3) is 0 Å². The van der Waals surface area contributed by atoms with Gasteiger partial charge in [0.25, 0.3) is 0 Å². The molecule has 0 unspecified atom stereocenters. The fourth-order valence-electron chi connectivity index (χ4n) is 2.81. The van der Waals surface area contributed by atoms with Gasteiger partial charge in [-0.15, -0.1) is 0 Å². The minimum Gasteiger partial charge on any atom is -0.314 e. The Morgan fingerprint density at radius 3 is 2.62 bits per heavy atom. The number of rotatable bonds is 2. The van der Waals surface area contributed by atoms with E-state index in [1.165, 1.54) is 6.33 Å². The van der Waals surface area contributed by atoms with E-state index in [2.05, 4.69) is 51.2 Å². The number of likely N-dealkylation sites (tertiary alicyclic amines) is 1. The summed E-state index contributed by atoms with van der Waals surface area (Å²) in [5.74, 6) is 1.47. The zero-order valence-corrected chi connectivity index (χ0v) is 14.3. The maximum Gasteiger partial charge on any atom is 0.322 e. The van der Waals surface area contributed by atoms with Gasteiger partial charge >= 0.3 is 6.03 Å². The van der Waals surface area contributed by atoms with Gasteiger partial charge in [-0.2, -0.15) is 5.10 Å². The Hall–Kier alpha value is -2.51. The number of hydrogen-bond acceptors (Lipinski definition) is 5. The molecule has 24 heavy (non-hydrogen) atoms. The number of urea groups is 1. The topological polar surface area (TPSA) is 99.7 Å². The van der Waals surface area contributed by atoms with E-state index in [-0.39, 0.29) is 17.5 Å². The van der Waals surface area contributed by atoms with Gasteiger partial charge in [0.1, 0.15) is 18.0 Å². The molecule has 1 saturated heterocycles. The number of carbonyl (C=O) groups excluding carboxylic acids is 1. The normalized spacial score (nSPS) is 18.5. The number of piperidine rings is 1. The Kier molecular flexibility index (Phi) is 4.46. The molecule has 0 aliphatic carbocycles. The van der Waals surface area contributed by atoms with Crippen LogP contribution in [0.5, 0.6) is 0 Å². The minimum absolute atomic E-state index is 0.0731. The SMILES string of the molecule is CC(C)(C)c1ncc(NC(=O)N2CCCC[C@@H]2c2ncn[nH]2)cn1. The number of nitrogens with zero attached hydrogens (tertiary/aromatic N) is 5. The van der Waals surface area contributed by atoms with Crippen molar-refractivity contribution < 1.29 is 4.79 Å². The van der Waals surface area contributed by atoms with Gasteiger partial charge in [0.05, 0.1) is 24.1 Å². The molecule has 128 valence electrons. The highest BCUT2D eigenvalue weighted by atomic mass is 16.2. The predicted molar refractivity (Wildman–Crippen MR) is 89.4 cm³/mol. The average Bonchev–Trinajstić information content (AvgIpc) is 3.09. The van der Waals surface area contributed by atoms with E-state index in [0.29, 0.717) is 12.2 Å². The number of carbonyl (C=O) groups is 1. The Morgan fingerprint density at radius 2 is 2.00 bits per heavy atom. The summed E-state index contributed by atoms with van der Waals surface area (Å²) in [7, 11) is 0. The summed E-state index contributed by atoms with van der Waals surface area (Å²) in [6.07, 6.45) is 7.70. The highest BCUT2D eigenvalue weighted by molar-refractivity contribution is 5.89. The molecule has 0 bridgehead atoms. The molecule has 0 spiro atoms. The zero-order valence-electron chi connectivity index (χ0n) is 14.3. The van der Waals surface area contributed by atoms with Gasteiger partial charge in [-0.25, -0.2) is 19.7 Å². The van der Waals surface area contributed by atoms with Crippen LogP contribution < -0.4 is 5.32 Å². The molecule has 2 aromatic rings. The van der Waals surface area contributed by atoms with Crippen LogP contribution in [-0.2, 0) is 5.41 Å². The van der Waals surface area contributed by atoms with Crippen LogP contribution in [0.1, 0.15) is 57.7 Å². The van der Waals surface area contributed by atoms with Crippen molar-refractivity contribution in [2.75, 3.05) is 11.9 Å². The molecule has 1 aliphatic rings. The lowest BCUT2D eigenvalue weighted by atomic mass is 9.96. The molecule has 3 heterocycles. The molecule has 8 heteroatoms. The molecule has 2 aromatic heterocycles. The third kappa shape index (κ3) is 3.52. The summed E-state index contributed by atoms with van der Waals surface area (Å²) in [4.78, 5) is 27.3. The fourth-order valence-corrected chi connectivity index (χ4v) is 2.81. The number of H-pyrrole nitrogens is 1. The van der Waals surface area contributed by atoms with E-state index < -0.39 is 0 Å². The van der Waals surface area contributed by atoms with Crippen molar-refractivity contribution in [1.82, 2.24) is 30.0 Å². The highest BCUT2D eigenvalue weighted by Crippen LogP contribution is 2.29. The Balaban J connectivity index is 1.71. The number of aromatic amines is 1. The largest absolute Gasteiger partial charge is 0.322 e. The Labute approximate surface area is 141 Å². The lowest BCUT2D eigenvalue weighted by molar-refractivity contribution is 0.159. The number of amides is 2. The van der Waals surface area contributed by atoms with Crippen molar-refractivity contribution >= 4 is 11.7 Å². The van der Waals surface area contributed by atoms with E-state index in [9.17, 15) is 4.79 Å². The molecule has 0 radical (unpaired) electrons. The van der Waals surface area contributed by atoms with Crippen LogP contribution in [0.2, 0.25) is 0 Å². The maximum atomic E-state index is 12.7. The standard InChI is InChI=1S/C16H23N7O/c1-16(2,3)14-17-8-11(9-18-14)21-15(24)23-7-5-4-6-12(23)13-19-10-20-22-13/h8-10,12H,4-7H2,1-3H3,(H,21,24)(H,19,20,22)/t12-/m1/s1. The summed E-state index contributed by atoms with van der Waals surface area (Å²) in [6, 6.07) is -0.237. The first-order chi connectivity index (χ1) is 11.4. The second-order valence-electron chi connectivity index (χ2n) is 7.05. The smallest absolute Gasteiger partial charge is 0.314 e. The van der Waals surface area contributed by atoms with Crippen molar-refractivity contribution in [3.05, 3.63) is 30.4 Å². The zero-order chi connectivity index (χ0) is 17.2. The predicted octanol–water partition coefficient (Wildman–Crippen LogP) is 2.65. The van der Waals surface area contributed by atoms with Gasteiger partial charge in [0, 0.05) is 12.0 Å². The molecule has 2 amide bonds. The first-order valence-electron chi connectivity index (χ1n) is 8.20. The van der Waals surface area contributed by atoms with E-state index in [4.69, 9.17) is 0 Å². The first-order valence-corrected chi connectivity index (χ1v) is 8.20. The Morgan fingerprint density at radius 1 is 1.25 bits per heavy atom. The van der Waals surface area contributed by atoms with Crippen LogP contribution in [0.4, 0.5) is 10.5 Å². The number of hydrogen-bond donors (Lipinski definition) is 2. The van der Waals surface area contributed by atoms with Crippen LogP contribution in [-0.4, -0.2) is 42.6 Å². The molecule has 1 atom stereocenters. The third-order valence-electron chi connectivity index (χ3n) is 4.09. The van der Waals surface area contributed by atoms with E-state index >= 15 is 0 Å². The molecule has 3 rings (SSSR count). The average molecular weight is 329 g/mol. The van der Waals surface area contributed by atoms with E-state index in [1.807, 2.05) is 0 Å². The van der Waals surface area contributed by atoms with Crippen LogP contribution in [0.15, 0.2) is 18.7 Å². The van der Waals surface area contributed by atoms with Gasteiger partial charge in [-0.05, 0) is 19.3 Å². The molecular weight excluding hydrogens is 306 g/mol. The fraction of sp³-hybridized carbons (Fsp3) is 0.562. The van der Waals surface area contributed by atoms with Crippen molar-refractivity contribution in [2.24, 2.45) is 0 Å². The van der Waals surface area contributed by atoms with Crippen molar-refractivity contribution in [2.45, 2.75) is 51.5 Å². The van der Waals surface area contributed by atoms with Crippen molar-refractivity contribution in [3.8, 4) is 0 Å². The molecule has 8 nitrogen and oxygen atoms in total. The lowest BCUT2D eigenvalue weighted by Crippen LogP contribution is -2.41. The number of anilines is 1. The van der Waals surface area contributed by atoms with E-state index in [1.54, 1.807) is 17.3 Å². The van der Waals surface area contributed by atoms with Crippen molar-refractivity contribution in [3.63, 3.8) is 0 Å². The first kappa shape index (κ1) is 16.4. The van der Waals surface area contributed by atoms with Crippen LogP contribution >= 0.6 is 0 Å². The van der Waals surface area contributed by atoms with Gasteiger partial charge in [-0.3, -0.25) is 5.10 Å². The summed E-state index contributed by atoms with van der Waals surface area (Å²) in [5.41, 5.74) is 0.474. The number of aromatic nitrogens is 5.